The van der Waals surface area contributed by atoms with Gasteiger partial charge in [-0.2, -0.15) is 0 Å². The zero-order valence-corrected chi connectivity index (χ0v) is 12.7. The molecule has 1 heterocycles. The van der Waals surface area contributed by atoms with Crippen LogP contribution in [0, 0.1) is 0 Å². The summed E-state index contributed by atoms with van der Waals surface area (Å²) in [5, 5.41) is 0. The summed E-state index contributed by atoms with van der Waals surface area (Å²) in [7, 11) is 4.16. The van der Waals surface area contributed by atoms with E-state index < -0.39 is 0 Å². The third-order valence-electron chi connectivity index (χ3n) is 4.11. The first-order chi connectivity index (χ1) is 9.66. The highest BCUT2D eigenvalue weighted by Gasteiger charge is 2.22. The minimum atomic E-state index is 0.335. The number of carbonyl (C=O) groups excluding carboxylic acids is 1. The number of likely N-dealkylation sites (tertiary alicyclic amines) is 1. The van der Waals surface area contributed by atoms with Gasteiger partial charge in [0.2, 0.25) is 5.91 Å². The summed E-state index contributed by atoms with van der Waals surface area (Å²) in [6.07, 6.45) is 3.85. The van der Waals surface area contributed by atoms with Crippen LogP contribution in [-0.4, -0.2) is 49.4 Å². The van der Waals surface area contributed by atoms with Crippen LogP contribution in [-0.2, 0) is 4.79 Å². The topological polar surface area (TPSA) is 23.6 Å². The molecule has 1 atom stereocenters. The SMILES string of the molecule is CN(C)CCCN1CCC(c2ccccc2)CCC1=O. The Bertz CT molecular complexity index is 416. The van der Waals surface area contributed by atoms with Gasteiger partial charge >= 0.3 is 0 Å². The standard InChI is InChI=1S/C17H26N2O/c1-18(2)12-6-13-19-14-11-16(9-10-17(19)20)15-7-4-3-5-8-15/h3-5,7-8,16H,6,9-14H2,1-2H3. The highest BCUT2D eigenvalue weighted by molar-refractivity contribution is 5.76. The fourth-order valence-corrected chi connectivity index (χ4v) is 2.91. The Labute approximate surface area is 122 Å². The van der Waals surface area contributed by atoms with Gasteiger partial charge < -0.3 is 9.80 Å². The fraction of sp³-hybridized carbons (Fsp3) is 0.588. The zero-order chi connectivity index (χ0) is 14.4. The lowest BCUT2D eigenvalue weighted by molar-refractivity contribution is -0.130. The Morgan fingerprint density at radius 2 is 1.95 bits per heavy atom. The lowest BCUT2D eigenvalue weighted by Gasteiger charge is -2.22. The Kier molecular flexibility index (Phi) is 5.60. The lowest BCUT2D eigenvalue weighted by Crippen LogP contribution is -2.32. The van der Waals surface area contributed by atoms with Gasteiger partial charge in [-0.1, -0.05) is 30.3 Å². The number of hydrogen-bond acceptors (Lipinski definition) is 2. The highest BCUT2D eigenvalue weighted by Crippen LogP contribution is 2.28. The minimum absolute atomic E-state index is 0.335. The molecule has 0 aromatic heterocycles. The van der Waals surface area contributed by atoms with Crippen LogP contribution in [0.4, 0.5) is 0 Å². The van der Waals surface area contributed by atoms with Gasteiger partial charge in [-0.15, -0.1) is 0 Å². The molecule has 0 aliphatic carbocycles. The summed E-state index contributed by atoms with van der Waals surface area (Å²) in [6, 6.07) is 10.6. The van der Waals surface area contributed by atoms with Crippen LogP contribution in [0.15, 0.2) is 30.3 Å². The van der Waals surface area contributed by atoms with E-state index in [1.807, 2.05) is 0 Å². The molecule has 1 amide bonds. The molecule has 1 aliphatic heterocycles. The summed E-state index contributed by atoms with van der Waals surface area (Å²) in [6.45, 7) is 2.86. The summed E-state index contributed by atoms with van der Waals surface area (Å²) in [4.78, 5) is 16.4. The molecular weight excluding hydrogens is 248 g/mol. The normalized spacial score (nSPS) is 20.2. The van der Waals surface area contributed by atoms with Crippen LogP contribution < -0.4 is 0 Å². The maximum absolute atomic E-state index is 12.2. The van der Waals surface area contributed by atoms with E-state index in [9.17, 15) is 4.79 Å². The van der Waals surface area contributed by atoms with Crippen molar-refractivity contribution in [3.8, 4) is 0 Å². The second-order valence-corrected chi connectivity index (χ2v) is 5.97. The minimum Gasteiger partial charge on any atom is -0.343 e. The Morgan fingerprint density at radius 1 is 1.20 bits per heavy atom. The summed E-state index contributed by atoms with van der Waals surface area (Å²) < 4.78 is 0. The molecule has 1 saturated heterocycles. The molecule has 2 rings (SSSR count). The maximum atomic E-state index is 12.2. The van der Waals surface area contributed by atoms with Crippen molar-refractivity contribution < 1.29 is 4.79 Å². The van der Waals surface area contributed by atoms with Crippen molar-refractivity contribution in [2.75, 3.05) is 33.7 Å². The molecule has 0 spiro atoms. The van der Waals surface area contributed by atoms with Crippen molar-refractivity contribution in [1.82, 2.24) is 9.80 Å². The first-order valence-corrected chi connectivity index (χ1v) is 7.64. The van der Waals surface area contributed by atoms with Crippen molar-refractivity contribution in [3.63, 3.8) is 0 Å². The van der Waals surface area contributed by atoms with Crippen molar-refractivity contribution in [2.24, 2.45) is 0 Å². The third kappa shape index (κ3) is 4.34. The smallest absolute Gasteiger partial charge is 0.222 e. The molecule has 1 aromatic rings. The number of rotatable bonds is 5. The van der Waals surface area contributed by atoms with Gasteiger partial charge in [-0.3, -0.25) is 4.79 Å². The second kappa shape index (κ2) is 7.44. The fourth-order valence-electron chi connectivity index (χ4n) is 2.91. The van der Waals surface area contributed by atoms with Gasteiger partial charge in [0.15, 0.2) is 0 Å². The van der Waals surface area contributed by atoms with E-state index in [1.54, 1.807) is 0 Å². The Morgan fingerprint density at radius 3 is 2.65 bits per heavy atom. The number of benzene rings is 1. The summed E-state index contributed by atoms with van der Waals surface area (Å²) >= 11 is 0. The van der Waals surface area contributed by atoms with E-state index in [2.05, 4.69) is 54.2 Å². The molecule has 110 valence electrons. The molecule has 3 heteroatoms. The first kappa shape index (κ1) is 15.0. The van der Waals surface area contributed by atoms with Gasteiger partial charge in [-0.25, -0.2) is 0 Å². The van der Waals surface area contributed by atoms with Gasteiger partial charge in [0.25, 0.3) is 0 Å². The molecule has 0 radical (unpaired) electrons. The zero-order valence-electron chi connectivity index (χ0n) is 12.7. The van der Waals surface area contributed by atoms with Crippen LogP contribution in [0.2, 0.25) is 0 Å². The molecule has 1 aliphatic rings. The third-order valence-corrected chi connectivity index (χ3v) is 4.11. The van der Waals surface area contributed by atoms with Crippen molar-refractivity contribution in [2.45, 2.75) is 31.6 Å². The molecular formula is C17H26N2O. The Hall–Kier alpha value is -1.35. The average molecular weight is 274 g/mol. The lowest BCUT2D eigenvalue weighted by atomic mass is 9.92. The predicted molar refractivity (Wildman–Crippen MR) is 82.8 cm³/mol. The van der Waals surface area contributed by atoms with Crippen LogP contribution in [0.5, 0.6) is 0 Å². The van der Waals surface area contributed by atoms with E-state index in [-0.39, 0.29) is 0 Å². The van der Waals surface area contributed by atoms with Crippen molar-refractivity contribution in [1.29, 1.82) is 0 Å². The maximum Gasteiger partial charge on any atom is 0.222 e. The van der Waals surface area contributed by atoms with Crippen LogP contribution in [0.3, 0.4) is 0 Å². The summed E-state index contributed by atoms with van der Waals surface area (Å²) in [5.74, 6) is 0.876. The molecule has 0 saturated carbocycles. The average Bonchev–Trinajstić information content (AvgIpc) is 2.62. The van der Waals surface area contributed by atoms with Crippen LogP contribution in [0.25, 0.3) is 0 Å². The van der Waals surface area contributed by atoms with Gasteiger partial charge in [0.05, 0.1) is 0 Å². The first-order valence-electron chi connectivity index (χ1n) is 7.64. The van der Waals surface area contributed by atoms with Gasteiger partial charge in [0, 0.05) is 19.5 Å². The van der Waals surface area contributed by atoms with E-state index in [0.29, 0.717) is 18.2 Å². The second-order valence-electron chi connectivity index (χ2n) is 5.97. The largest absolute Gasteiger partial charge is 0.343 e. The Balaban J connectivity index is 1.88. The molecule has 3 nitrogen and oxygen atoms in total. The van der Waals surface area contributed by atoms with E-state index in [0.717, 1.165) is 38.9 Å². The van der Waals surface area contributed by atoms with Gasteiger partial charge in [-0.05, 0) is 51.4 Å². The number of nitrogens with zero attached hydrogens (tertiary/aromatic N) is 2. The van der Waals surface area contributed by atoms with E-state index in [4.69, 9.17) is 0 Å². The molecule has 0 bridgehead atoms. The number of carbonyl (C=O) groups is 1. The van der Waals surface area contributed by atoms with Crippen molar-refractivity contribution >= 4 is 5.91 Å². The molecule has 0 N–H and O–H groups in total. The molecule has 1 fully saturated rings. The molecule has 20 heavy (non-hydrogen) atoms. The number of hydrogen-bond donors (Lipinski definition) is 0. The van der Waals surface area contributed by atoms with Crippen molar-refractivity contribution in [3.05, 3.63) is 35.9 Å². The summed E-state index contributed by atoms with van der Waals surface area (Å²) in [5.41, 5.74) is 1.38. The molecule has 1 unspecified atom stereocenters. The number of amides is 1. The van der Waals surface area contributed by atoms with E-state index in [1.165, 1.54) is 5.56 Å². The van der Waals surface area contributed by atoms with E-state index >= 15 is 0 Å². The van der Waals surface area contributed by atoms with Crippen LogP contribution in [0.1, 0.15) is 37.2 Å². The molecule has 1 aromatic carbocycles. The van der Waals surface area contributed by atoms with Gasteiger partial charge in [0.1, 0.15) is 0 Å². The monoisotopic (exact) mass is 274 g/mol. The highest BCUT2D eigenvalue weighted by atomic mass is 16.2. The predicted octanol–water partition coefficient (Wildman–Crippen LogP) is 2.73. The van der Waals surface area contributed by atoms with Crippen LogP contribution >= 0.6 is 0 Å². The quantitative estimate of drug-likeness (QED) is 0.824.